The number of ether oxygens (including phenoxy) is 1. The molecule has 1 saturated heterocycles. The molecule has 2 N–H and O–H groups in total. The van der Waals surface area contributed by atoms with Crippen LogP contribution in [0.2, 0.25) is 10.0 Å². The van der Waals surface area contributed by atoms with Crippen LogP contribution in [0.4, 0.5) is 0 Å². The van der Waals surface area contributed by atoms with E-state index in [2.05, 4.69) is 4.90 Å². The smallest absolute Gasteiger partial charge is 0.0594 e. The van der Waals surface area contributed by atoms with Crippen LogP contribution < -0.4 is 5.73 Å². The molecule has 1 atom stereocenters. The number of hydrogen-bond acceptors (Lipinski definition) is 3. The molecular formula is C12H16Cl2N2O. The SMILES string of the molecule is NCC(c1cc(Cl)cc(Cl)c1)N1CCOCC1. The third-order valence-electron chi connectivity index (χ3n) is 2.98. The third-order valence-corrected chi connectivity index (χ3v) is 3.42. The monoisotopic (exact) mass is 274 g/mol. The molecule has 0 amide bonds. The number of morpholine rings is 1. The Kier molecular flexibility index (Phi) is 4.65. The lowest BCUT2D eigenvalue weighted by atomic mass is 10.0. The fourth-order valence-electron chi connectivity index (χ4n) is 2.15. The molecule has 1 aromatic rings. The van der Waals surface area contributed by atoms with Crippen LogP contribution in [0.25, 0.3) is 0 Å². The van der Waals surface area contributed by atoms with Gasteiger partial charge in [0.1, 0.15) is 0 Å². The average molecular weight is 275 g/mol. The lowest BCUT2D eigenvalue weighted by molar-refractivity contribution is 0.0179. The van der Waals surface area contributed by atoms with E-state index in [0.29, 0.717) is 16.6 Å². The minimum atomic E-state index is 0.162. The van der Waals surface area contributed by atoms with E-state index in [-0.39, 0.29) is 6.04 Å². The average Bonchev–Trinajstić information content (AvgIpc) is 2.30. The van der Waals surface area contributed by atoms with Crippen LogP contribution in [0.1, 0.15) is 11.6 Å². The molecular weight excluding hydrogens is 259 g/mol. The summed E-state index contributed by atoms with van der Waals surface area (Å²) in [5, 5.41) is 1.30. The molecule has 17 heavy (non-hydrogen) atoms. The molecule has 0 saturated carbocycles. The molecule has 3 nitrogen and oxygen atoms in total. The van der Waals surface area contributed by atoms with Crippen LogP contribution in [0.15, 0.2) is 18.2 Å². The molecule has 1 aliphatic rings. The molecule has 0 aromatic heterocycles. The van der Waals surface area contributed by atoms with Crippen molar-refractivity contribution in [1.29, 1.82) is 0 Å². The van der Waals surface area contributed by atoms with Gasteiger partial charge in [-0.3, -0.25) is 4.90 Å². The molecule has 5 heteroatoms. The van der Waals surface area contributed by atoms with Gasteiger partial charge in [-0.2, -0.15) is 0 Å². The predicted octanol–water partition coefficient (Wildman–Crippen LogP) is 2.33. The molecule has 94 valence electrons. The van der Waals surface area contributed by atoms with Crippen LogP contribution in [-0.4, -0.2) is 37.7 Å². The molecule has 0 radical (unpaired) electrons. The summed E-state index contributed by atoms with van der Waals surface area (Å²) in [6.45, 7) is 3.85. The number of rotatable bonds is 3. The van der Waals surface area contributed by atoms with Crippen molar-refractivity contribution < 1.29 is 4.74 Å². The third kappa shape index (κ3) is 3.33. The van der Waals surface area contributed by atoms with Gasteiger partial charge in [0.05, 0.1) is 13.2 Å². The highest BCUT2D eigenvalue weighted by molar-refractivity contribution is 6.34. The highest BCUT2D eigenvalue weighted by atomic mass is 35.5. The van der Waals surface area contributed by atoms with E-state index in [1.54, 1.807) is 6.07 Å². The van der Waals surface area contributed by atoms with Crippen LogP contribution in [0, 0.1) is 0 Å². The Morgan fingerprint density at radius 3 is 2.29 bits per heavy atom. The number of nitrogens with two attached hydrogens (primary N) is 1. The van der Waals surface area contributed by atoms with Gasteiger partial charge in [0.2, 0.25) is 0 Å². The molecule has 0 bridgehead atoms. The summed E-state index contributed by atoms with van der Waals surface area (Å²) in [4.78, 5) is 2.31. The van der Waals surface area contributed by atoms with Gasteiger partial charge in [-0.15, -0.1) is 0 Å². The van der Waals surface area contributed by atoms with Gasteiger partial charge in [0.15, 0.2) is 0 Å². The highest BCUT2D eigenvalue weighted by Gasteiger charge is 2.21. The summed E-state index contributed by atoms with van der Waals surface area (Å²) in [5.41, 5.74) is 6.94. The zero-order valence-corrected chi connectivity index (χ0v) is 11.0. The first kappa shape index (κ1) is 13.1. The van der Waals surface area contributed by atoms with Gasteiger partial charge >= 0.3 is 0 Å². The topological polar surface area (TPSA) is 38.5 Å². The number of nitrogens with zero attached hydrogens (tertiary/aromatic N) is 1. The van der Waals surface area contributed by atoms with E-state index < -0.39 is 0 Å². The Morgan fingerprint density at radius 2 is 1.76 bits per heavy atom. The Balaban J connectivity index is 2.21. The van der Waals surface area contributed by atoms with Crippen molar-refractivity contribution >= 4 is 23.2 Å². The van der Waals surface area contributed by atoms with Crippen LogP contribution >= 0.6 is 23.2 Å². The van der Waals surface area contributed by atoms with E-state index >= 15 is 0 Å². The van der Waals surface area contributed by atoms with Crippen molar-refractivity contribution in [3.8, 4) is 0 Å². The molecule has 2 rings (SSSR count). The summed E-state index contributed by atoms with van der Waals surface area (Å²) in [6.07, 6.45) is 0. The quantitative estimate of drug-likeness (QED) is 0.920. The number of halogens is 2. The second-order valence-corrected chi connectivity index (χ2v) is 4.98. The van der Waals surface area contributed by atoms with E-state index in [1.807, 2.05) is 12.1 Å². The largest absolute Gasteiger partial charge is 0.379 e. The van der Waals surface area contributed by atoms with Crippen molar-refractivity contribution in [2.24, 2.45) is 5.73 Å². The first-order chi connectivity index (χ1) is 8.20. The molecule has 0 spiro atoms. The van der Waals surface area contributed by atoms with Gasteiger partial charge in [-0.1, -0.05) is 23.2 Å². The maximum absolute atomic E-state index is 6.02. The standard InChI is InChI=1S/C12H16Cl2N2O/c13-10-5-9(6-11(14)7-10)12(8-15)16-1-3-17-4-2-16/h5-7,12H,1-4,8,15H2. The fraction of sp³-hybridized carbons (Fsp3) is 0.500. The minimum absolute atomic E-state index is 0.162. The summed E-state index contributed by atoms with van der Waals surface area (Å²) >= 11 is 12.0. The van der Waals surface area contributed by atoms with Crippen LogP contribution in [-0.2, 0) is 4.74 Å². The van der Waals surface area contributed by atoms with Gasteiger partial charge in [-0.25, -0.2) is 0 Å². The lowest BCUT2D eigenvalue weighted by Crippen LogP contribution is -2.41. The Morgan fingerprint density at radius 1 is 1.18 bits per heavy atom. The van der Waals surface area contributed by atoms with Crippen LogP contribution in [0.3, 0.4) is 0 Å². The highest BCUT2D eigenvalue weighted by Crippen LogP contribution is 2.27. The number of hydrogen-bond donors (Lipinski definition) is 1. The second kappa shape index (κ2) is 6.03. The lowest BCUT2D eigenvalue weighted by Gasteiger charge is -2.34. The van der Waals surface area contributed by atoms with Gasteiger partial charge in [0.25, 0.3) is 0 Å². The first-order valence-electron chi connectivity index (χ1n) is 5.68. The molecule has 1 fully saturated rings. The van der Waals surface area contributed by atoms with Crippen molar-refractivity contribution in [2.75, 3.05) is 32.8 Å². The first-order valence-corrected chi connectivity index (χ1v) is 6.44. The summed E-state index contributed by atoms with van der Waals surface area (Å²) in [5.74, 6) is 0. The van der Waals surface area contributed by atoms with E-state index in [1.165, 1.54) is 0 Å². The number of benzene rings is 1. The Hall–Kier alpha value is -0.320. The van der Waals surface area contributed by atoms with Gasteiger partial charge in [0, 0.05) is 35.7 Å². The predicted molar refractivity (Wildman–Crippen MR) is 70.6 cm³/mol. The van der Waals surface area contributed by atoms with Crippen molar-refractivity contribution in [3.63, 3.8) is 0 Å². The zero-order chi connectivity index (χ0) is 12.3. The second-order valence-electron chi connectivity index (χ2n) is 4.10. The molecule has 1 unspecified atom stereocenters. The van der Waals surface area contributed by atoms with E-state index in [9.17, 15) is 0 Å². The van der Waals surface area contributed by atoms with E-state index in [4.69, 9.17) is 33.7 Å². The summed E-state index contributed by atoms with van der Waals surface area (Å²) in [7, 11) is 0. The molecule has 1 aromatic carbocycles. The van der Waals surface area contributed by atoms with E-state index in [0.717, 1.165) is 31.9 Å². The summed E-state index contributed by atoms with van der Waals surface area (Å²) in [6, 6.07) is 5.76. The summed E-state index contributed by atoms with van der Waals surface area (Å²) < 4.78 is 5.34. The van der Waals surface area contributed by atoms with Crippen molar-refractivity contribution in [3.05, 3.63) is 33.8 Å². The van der Waals surface area contributed by atoms with Crippen molar-refractivity contribution in [2.45, 2.75) is 6.04 Å². The van der Waals surface area contributed by atoms with Crippen molar-refractivity contribution in [1.82, 2.24) is 4.90 Å². The Labute approximate surface area is 111 Å². The molecule has 0 aliphatic carbocycles. The van der Waals surface area contributed by atoms with Crippen LogP contribution in [0.5, 0.6) is 0 Å². The Bertz CT molecular complexity index is 361. The maximum Gasteiger partial charge on any atom is 0.0594 e. The van der Waals surface area contributed by atoms with Gasteiger partial charge in [-0.05, 0) is 23.8 Å². The minimum Gasteiger partial charge on any atom is -0.379 e. The normalized spacial score (nSPS) is 19.2. The fourth-order valence-corrected chi connectivity index (χ4v) is 2.70. The molecule has 1 heterocycles. The maximum atomic E-state index is 6.02. The molecule has 1 aliphatic heterocycles. The van der Waals surface area contributed by atoms with Gasteiger partial charge < -0.3 is 10.5 Å². The zero-order valence-electron chi connectivity index (χ0n) is 9.53.